The van der Waals surface area contributed by atoms with E-state index in [1.54, 1.807) is 13.0 Å². The normalized spacial score (nSPS) is 17.9. The van der Waals surface area contributed by atoms with E-state index in [2.05, 4.69) is 0 Å². The van der Waals surface area contributed by atoms with Crippen LogP contribution in [0.4, 0.5) is 0 Å². The van der Waals surface area contributed by atoms with Crippen molar-refractivity contribution in [1.29, 1.82) is 0 Å². The lowest BCUT2D eigenvalue weighted by Gasteiger charge is -2.30. The highest BCUT2D eigenvalue weighted by Crippen LogP contribution is 2.30. The van der Waals surface area contributed by atoms with Crippen molar-refractivity contribution in [1.82, 2.24) is 4.31 Å². The Labute approximate surface area is 130 Å². The SMILES string of the molecule is CCOC(=O)C1CCN(S(=O)(=O)c2cc(C)sc2C)CC1. The number of hydrogen-bond donors (Lipinski definition) is 0. The van der Waals surface area contributed by atoms with Crippen LogP contribution in [0.3, 0.4) is 0 Å². The summed E-state index contributed by atoms with van der Waals surface area (Å²) in [4.78, 5) is 13.9. The lowest BCUT2D eigenvalue weighted by Crippen LogP contribution is -2.40. The van der Waals surface area contributed by atoms with E-state index in [0.29, 0.717) is 37.4 Å². The summed E-state index contributed by atoms with van der Waals surface area (Å²) >= 11 is 1.49. The summed E-state index contributed by atoms with van der Waals surface area (Å²) < 4.78 is 31.8. The molecule has 7 heteroatoms. The maximum Gasteiger partial charge on any atom is 0.309 e. The standard InChI is InChI=1S/C14H21NO4S2/c1-4-19-14(16)12-5-7-15(8-6-12)21(17,18)13-9-10(2)20-11(13)3/h9,12H,4-8H2,1-3H3. The highest BCUT2D eigenvalue weighted by molar-refractivity contribution is 7.89. The summed E-state index contributed by atoms with van der Waals surface area (Å²) in [6.07, 6.45) is 1.06. The molecule has 0 unspecified atom stereocenters. The highest BCUT2D eigenvalue weighted by atomic mass is 32.2. The van der Waals surface area contributed by atoms with Crippen LogP contribution in [0.15, 0.2) is 11.0 Å². The second kappa shape index (κ2) is 6.46. The molecule has 0 bridgehead atoms. The molecule has 1 saturated heterocycles. The fourth-order valence-corrected chi connectivity index (χ4v) is 5.59. The molecule has 1 aromatic heterocycles. The van der Waals surface area contributed by atoms with Gasteiger partial charge in [0, 0.05) is 22.8 Å². The van der Waals surface area contributed by atoms with Gasteiger partial charge in [0.2, 0.25) is 10.0 Å². The molecule has 1 fully saturated rings. The lowest BCUT2D eigenvalue weighted by atomic mass is 9.98. The fraction of sp³-hybridized carbons (Fsp3) is 0.643. The molecular weight excluding hydrogens is 310 g/mol. The number of rotatable bonds is 4. The fourth-order valence-electron chi connectivity index (χ4n) is 2.59. The number of thiophene rings is 1. The van der Waals surface area contributed by atoms with Crippen LogP contribution in [0.2, 0.25) is 0 Å². The smallest absolute Gasteiger partial charge is 0.309 e. The van der Waals surface area contributed by atoms with E-state index in [-0.39, 0.29) is 11.9 Å². The summed E-state index contributed by atoms with van der Waals surface area (Å²) in [5.41, 5.74) is 0. The number of aryl methyl sites for hydroxylation is 2. The van der Waals surface area contributed by atoms with Gasteiger partial charge in [-0.3, -0.25) is 4.79 Å². The molecule has 21 heavy (non-hydrogen) atoms. The minimum absolute atomic E-state index is 0.179. The Bertz CT molecular complexity index is 613. The first-order valence-electron chi connectivity index (χ1n) is 7.10. The van der Waals surface area contributed by atoms with Gasteiger partial charge in [-0.25, -0.2) is 8.42 Å². The number of sulfonamides is 1. The van der Waals surface area contributed by atoms with Gasteiger partial charge in [-0.15, -0.1) is 11.3 Å². The quantitative estimate of drug-likeness (QED) is 0.794. The van der Waals surface area contributed by atoms with E-state index in [1.807, 2.05) is 13.8 Å². The van der Waals surface area contributed by atoms with Crippen LogP contribution in [0.5, 0.6) is 0 Å². The Hall–Kier alpha value is -0.920. The number of esters is 1. The van der Waals surface area contributed by atoms with Gasteiger partial charge in [0.1, 0.15) is 0 Å². The zero-order valence-electron chi connectivity index (χ0n) is 12.6. The number of hydrogen-bond acceptors (Lipinski definition) is 5. The molecule has 0 radical (unpaired) electrons. The first-order chi connectivity index (χ1) is 9.86. The number of carbonyl (C=O) groups is 1. The molecule has 0 aromatic carbocycles. The Morgan fingerprint density at radius 3 is 2.48 bits per heavy atom. The van der Waals surface area contributed by atoms with Crippen LogP contribution in [0.1, 0.15) is 29.5 Å². The average molecular weight is 331 g/mol. The zero-order valence-corrected chi connectivity index (χ0v) is 14.2. The van der Waals surface area contributed by atoms with Gasteiger partial charge in [0.25, 0.3) is 0 Å². The van der Waals surface area contributed by atoms with E-state index in [1.165, 1.54) is 15.6 Å². The zero-order chi connectivity index (χ0) is 15.6. The van der Waals surface area contributed by atoms with E-state index in [0.717, 1.165) is 9.75 Å². The number of carbonyl (C=O) groups excluding carboxylic acids is 1. The Morgan fingerprint density at radius 2 is 2.00 bits per heavy atom. The van der Waals surface area contributed by atoms with Crippen molar-refractivity contribution >= 4 is 27.3 Å². The van der Waals surface area contributed by atoms with Crippen molar-refractivity contribution in [3.63, 3.8) is 0 Å². The minimum Gasteiger partial charge on any atom is -0.466 e. The van der Waals surface area contributed by atoms with Crippen molar-refractivity contribution in [3.05, 3.63) is 15.8 Å². The first-order valence-corrected chi connectivity index (χ1v) is 9.35. The van der Waals surface area contributed by atoms with Crippen LogP contribution >= 0.6 is 11.3 Å². The molecule has 2 heterocycles. The van der Waals surface area contributed by atoms with Gasteiger partial charge in [-0.2, -0.15) is 4.31 Å². The van der Waals surface area contributed by atoms with Crippen LogP contribution in [-0.2, 0) is 19.6 Å². The van der Waals surface area contributed by atoms with Crippen molar-refractivity contribution in [2.75, 3.05) is 19.7 Å². The molecular formula is C14H21NO4S2. The van der Waals surface area contributed by atoms with Gasteiger partial charge in [-0.05, 0) is 39.7 Å². The van der Waals surface area contributed by atoms with Gasteiger partial charge in [0.05, 0.1) is 17.4 Å². The van der Waals surface area contributed by atoms with E-state index in [4.69, 9.17) is 4.74 Å². The van der Waals surface area contributed by atoms with E-state index in [9.17, 15) is 13.2 Å². The number of nitrogens with zero attached hydrogens (tertiary/aromatic N) is 1. The second-order valence-corrected chi connectivity index (χ2v) is 8.57. The van der Waals surface area contributed by atoms with Gasteiger partial charge < -0.3 is 4.74 Å². The Kier molecular flexibility index (Phi) is 5.06. The molecule has 0 aliphatic carbocycles. The van der Waals surface area contributed by atoms with Crippen molar-refractivity contribution in [3.8, 4) is 0 Å². The number of ether oxygens (including phenoxy) is 1. The molecule has 118 valence electrons. The van der Waals surface area contributed by atoms with Crippen molar-refractivity contribution < 1.29 is 17.9 Å². The highest BCUT2D eigenvalue weighted by Gasteiger charge is 2.33. The maximum atomic E-state index is 12.6. The number of piperidine rings is 1. The van der Waals surface area contributed by atoms with Crippen molar-refractivity contribution in [2.45, 2.75) is 38.5 Å². The molecule has 1 aromatic rings. The second-order valence-electron chi connectivity index (χ2n) is 5.21. The predicted octanol–water partition coefficient (Wildman–Crippen LogP) is 2.33. The van der Waals surface area contributed by atoms with E-state index >= 15 is 0 Å². The van der Waals surface area contributed by atoms with Crippen LogP contribution < -0.4 is 0 Å². The molecule has 0 spiro atoms. The third kappa shape index (κ3) is 3.46. The van der Waals surface area contributed by atoms with Gasteiger partial charge >= 0.3 is 5.97 Å². The summed E-state index contributed by atoms with van der Waals surface area (Å²) in [6.45, 7) is 6.63. The Balaban J connectivity index is 2.08. The molecule has 0 amide bonds. The predicted molar refractivity (Wildman–Crippen MR) is 81.9 cm³/mol. The molecule has 1 aliphatic heterocycles. The molecule has 0 N–H and O–H groups in total. The maximum absolute atomic E-state index is 12.6. The topological polar surface area (TPSA) is 63.7 Å². The summed E-state index contributed by atoms with van der Waals surface area (Å²) in [5.74, 6) is -0.390. The third-order valence-corrected chi connectivity index (χ3v) is 6.81. The van der Waals surface area contributed by atoms with Crippen LogP contribution in [0, 0.1) is 19.8 Å². The van der Waals surface area contributed by atoms with Gasteiger partial charge in [0.15, 0.2) is 0 Å². The molecule has 5 nitrogen and oxygen atoms in total. The summed E-state index contributed by atoms with van der Waals surface area (Å²) in [7, 11) is -3.44. The largest absolute Gasteiger partial charge is 0.466 e. The molecule has 0 saturated carbocycles. The third-order valence-electron chi connectivity index (χ3n) is 3.69. The molecule has 1 aliphatic rings. The molecule has 2 rings (SSSR count). The van der Waals surface area contributed by atoms with Crippen LogP contribution in [-0.4, -0.2) is 38.4 Å². The van der Waals surface area contributed by atoms with Crippen LogP contribution in [0.25, 0.3) is 0 Å². The average Bonchev–Trinajstić information content (AvgIpc) is 2.79. The lowest BCUT2D eigenvalue weighted by molar-refractivity contribution is -0.149. The minimum atomic E-state index is -3.44. The summed E-state index contributed by atoms with van der Waals surface area (Å²) in [6, 6.07) is 1.73. The Morgan fingerprint density at radius 1 is 1.38 bits per heavy atom. The monoisotopic (exact) mass is 331 g/mol. The van der Waals surface area contributed by atoms with Crippen molar-refractivity contribution in [2.24, 2.45) is 5.92 Å². The summed E-state index contributed by atoms with van der Waals surface area (Å²) in [5, 5.41) is 0. The van der Waals surface area contributed by atoms with Gasteiger partial charge in [-0.1, -0.05) is 0 Å². The first kappa shape index (κ1) is 16.5. The van der Waals surface area contributed by atoms with E-state index < -0.39 is 10.0 Å². The molecule has 0 atom stereocenters.